The van der Waals surface area contributed by atoms with E-state index in [0.717, 1.165) is 25.9 Å². The highest BCUT2D eigenvalue weighted by Crippen LogP contribution is 2.30. The van der Waals surface area contributed by atoms with Crippen LogP contribution in [-0.2, 0) is 4.79 Å². The van der Waals surface area contributed by atoms with Crippen molar-refractivity contribution in [2.45, 2.75) is 25.3 Å². The molecule has 1 saturated heterocycles. The molecule has 0 atom stereocenters. The summed E-state index contributed by atoms with van der Waals surface area (Å²) in [7, 11) is 0. The maximum Gasteiger partial charge on any atom is 0.248 e. The molecule has 0 bridgehead atoms. The molecule has 1 aliphatic heterocycles. The number of primary amides is 1. The third-order valence-electron chi connectivity index (χ3n) is 5.22. The number of nitrogens with two attached hydrogens (primary N) is 1. The number of hydrogen-bond donors (Lipinski definition) is 4. The van der Waals surface area contributed by atoms with Crippen LogP contribution in [-0.4, -0.2) is 45.9 Å². The number of H-pyrrole nitrogens is 1. The minimum Gasteiger partial charge on any atom is -0.366 e. The molecule has 31 heavy (non-hydrogen) atoms. The van der Waals surface area contributed by atoms with Crippen molar-refractivity contribution in [2.24, 2.45) is 5.73 Å². The number of amides is 2. The van der Waals surface area contributed by atoms with E-state index in [0.29, 0.717) is 34.1 Å². The first-order valence-corrected chi connectivity index (χ1v) is 9.98. The molecule has 0 aliphatic carbocycles. The van der Waals surface area contributed by atoms with E-state index in [-0.39, 0.29) is 18.4 Å². The lowest BCUT2D eigenvalue weighted by molar-refractivity contribution is -0.118. The molecule has 0 radical (unpaired) electrons. The Morgan fingerprint density at radius 2 is 1.94 bits per heavy atom. The van der Waals surface area contributed by atoms with E-state index in [1.807, 2.05) is 12.1 Å². The summed E-state index contributed by atoms with van der Waals surface area (Å²) in [5.74, 6) is -0.0333. The van der Waals surface area contributed by atoms with Gasteiger partial charge < -0.3 is 21.4 Å². The van der Waals surface area contributed by atoms with Gasteiger partial charge in [-0.05, 0) is 56.3 Å². The van der Waals surface area contributed by atoms with Crippen molar-refractivity contribution >= 4 is 40.3 Å². The molecule has 5 N–H and O–H groups in total. The smallest absolute Gasteiger partial charge is 0.248 e. The first kappa shape index (κ1) is 20.3. The van der Waals surface area contributed by atoms with Gasteiger partial charge in [-0.2, -0.15) is 15.2 Å². The molecule has 158 valence electrons. The van der Waals surface area contributed by atoms with E-state index < -0.39 is 5.91 Å². The second kappa shape index (κ2) is 8.81. The maximum atomic E-state index is 12.9. The largest absolute Gasteiger partial charge is 0.366 e. The summed E-state index contributed by atoms with van der Waals surface area (Å²) < 4.78 is 0. The standard InChI is InChI=1S/C21H22N8O2/c22-9-5-17(30)29(15-6-10-24-11-7-15)20-16-8-12-25-19(16)27-21(28-20)26-14-3-1-13(2-4-14)18(23)31/h1-4,8,12,15,24H,5-7,10-11H2,(H2,23,31)(H2,25,26,27,28). The molecular formula is C21H22N8O2. The molecule has 2 aromatic heterocycles. The quantitative estimate of drug-likeness (QED) is 0.476. The summed E-state index contributed by atoms with van der Waals surface area (Å²) >= 11 is 0. The fourth-order valence-corrected chi connectivity index (χ4v) is 3.72. The molecule has 3 aromatic rings. The summed E-state index contributed by atoms with van der Waals surface area (Å²) in [6.07, 6.45) is 3.05. The van der Waals surface area contributed by atoms with E-state index in [1.54, 1.807) is 35.4 Å². The molecule has 3 heterocycles. The Hall–Kier alpha value is -3.97. The topological polar surface area (TPSA) is 153 Å². The summed E-state index contributed by atoms with van der Waals surface area (Å²) in [6, 6.07) is 10.3. The van der Waals surface area contributed by atoms with Crippen LogP contribution in [0.1, 0.15) is 29.6 Å². The van der Waals surface area contributed by atoms with Gasteiger partial charge in [0.1, 0.15) is 12.1 Å². The molecule has 1 fully saturated rings. The number of nitriles is 1. The monoisotopic (exact) mass is 418 g/mol. The zero-order chi connectivity index (χ0) is 21.8. The van der Waals surface area contributed by atoms with Gasteiger partial charge in [-0.25, -0.2) is 0 Å². The average Bonchev–Trinajstić information content (AvgIpc) is 3.24. The normalized spacial score (nSPS) is 14.2. The van der Waals surface area contributed by atoms with E-state index in [2.05, 4.69) is 25.6 Å². The molecule has 4 rings (SSSR count). The predicted molar refractivity (Wildman–Crippen MR) is 116 cm³/mol. The first-order valence-electron chi connectivity index (χ1n) is 9.98. The number of aromatic nitrogens is 3. The number of fused-ring (bicyclic) bond motifs is 1. The van der Waals surface area contributed by atoms with Crippen molar-refractivity contribution in [1.82, 2.24) is 20.3 Å². The van der Waals surface area contributed by atoms with Crippen molar-refractivity contribution in [1.29, 1.82) is 5.26 Å². The number of hydrogen-bond acceptors (Lipinski definition) is 7. The van der Waals surface area contributed by atoms with Gasteiger partial charge in [-0.3, -0.25) is 14.5 Å². The zero-order valence-electron chi connectivity index (χ0n) is 16.8. The van der Waals surface area contributed by atoms with Crippen molar-refractivity contribution in [2.75, 3.05) is 23.3 Å². The second-order valence-electron chi connectivity index (χ2n) is 7.26. The second-order valence-corrected chi connectivity index (χ2v) is 7.26. The van der Waals surface area contributed by atoms with Gasteiger partial charge in [-0.15, -0.1) is 0 Å². The Balaban J connectivity index is 1.73. The third kappa shape index (κ3) is 4.31. The van der Waals surface area contributed by atoms with E-state index in [4.69, 9.17) is 11.0 Å². The summed E-state index contributed by atoms with van der Waals surface area (Å²) in [5, 5.41) is 16.2. The summed E-state index contributed by atoms with van der Waals surface area (Å²) in [6.45, 7) is 1.58. The van der Waals surface area contributed by atoms with Crippen LogP contribution < -0.4 is 21.3 Å². The lowest BCUT2D eigenvalue weighted by Gasteiger charge is -2.34. The van der Waals surface area contributed by atoms with Crippen LogP contribution in [0.5, 0.6) is 0 Å². The molecule has 0 spiro atoms. The Morgan fingerprint density at radius 1 is 1.19 bits per heavy atom. The highest BCUT2D eigenvalue weighted by atomic mass is 16.2. The van der Waals surface area contributed by atoms with Crippen LogP contribution in [0, 0.1) is 11.3 Å². The lowest BCUT2D eigenvalue weighted by Crippen LogP contribution is -2.46. The number of benzene rings is 1. The molecule has 2 amide bonds. The summed E-state index contributed by atoms with van der Waals surface area (Å²) in [4.78, 5) is 38.1. The van der Waals surface area contributed by atoms with Crippen molar-refractivity contribution in [3.8, 4) is 6.07 Å². The lowest BCUT2D eigenvalue weighted by atomic mass is 10.0. The van der Waals surface area contributed by atoms with E-state index in [1.165, 1.54) is 0 Å². The molecular weight excluding hydrogens is 396 g/mol. The van der Waals surface area contributed by atoms with Crippen molar-refractivity contribution in [3.63, 3.8) is 0 Å². The zero-order valence-corrected chi connectivity index (χ0v) is 16.8. The molecule has 10 heteroatoms. The maximum absolute atomic E-state index is 12.9. The van der Waals surface area contributed by atoms with Crippen LogP contribution in [0.4, 0.5) is 17.5 Å². The number of anilines is 3. The van der Waals surface area contributed by atoms with Gasteiger partial charge in [0.25, 0.3) is 0 Å². The van der Waals surface area contributed by atoms with Gasteiger partial charge >= 0.3 is 0 Å². The predicted octanol–water partition coefficient (Wildman–Crippen LogP) is 1.80. The number of piperidine rings is 1. The Bertz CT molecular complexity index is 1140. The SMILES string of the molecule is N#CCC(=O)N(c1nc(Nc2ccc(C(N)=O)cc2)nc2[nH]ccc12)C1CCNCC1. The van der Waals surface area contributed by atoms with Gasteiger partial charge in [0.2, 0.25) is 17.8 Å². The van der Waals surface area contributed by atoms with Crippen LogP contribution in [0.25, 0.3) is 11.0 Å². The molecule has 1 aromatic carbocycles. The van der Waals surface area contributed by atoms with Crippen LogP contribution in [0.3, 0.4) is 0 Å². The van der Waals surface area contributed by atoms with E-state index in [9.17, 15) is 9.59 Å². The number of carbonyl (C=O) groups excluding carboxylic acids is 2. The van der Waals surface area contributed by atoms with Gasteiger partial charge in [0.05, 0.1) is 11.5 Å². The van der Waals surface area contributed by atoms with E-state index >= 15 is 0 Å². The molecule has 0 unspecified atom stereocenters. The highest BCUT2D eigenvalue weighted by Gasteiger charge is 2.30. The van der Waals surface area contributed by atoms with Crippen molar-refractivity contribution < 1.29 is 9.59 Å². The minimum absolute atomic E-state index is 0.0576. The van der Waals surface area contributed by atoms with Crippen LogP contribution >= 0.6 is 0 Å². The first-order chi connectivity index (χ1) is 15.1. The van der Waals surface area contributed by atoms with Gasteiger partial charge in [-0.1, -0.05) is 0 Å². The number of rotatable bonds is 6. The molecule has 0 saturated carbocycles. The number of aromatic amines is 1. The van der Waals surface area contributed by atoms with Crippen molar-refractivity contribution in [3.05, 3.63) is 42.1 Å². The average molecular weight is 418 g/mol. The summed E-state index contributed by atoms with van der Waals surface area (Å²) in [5.41, 5.74) is 6.92. The Morgan fingerprint density at radius 3 is 2.61 bits per heavy atom. The van der Waals surface area contributed by atoms with Crippen LogP contribution in [0.2, 0.25) is 0 Å². The number of nitrogens with zero attached hydrogens (tertiary/aromatic N) is 4. The fourth-order valence-electron chi connectivity index (χ4n) is 3.72. The van der Waals surface area contributed by atoms with Gasteiger partial charge in [0, 0.05) is 23.5 Å². The third-order valence-corrected chi connectivity index (χ3v) is 5.22. The number of nitrogens with one attached hydrogen (secondary N) is 3. The fraction of sp³-hybridized carbons (Fsp3) is 0.286. The minimum atomic E-state index is -0.508. The van der Waals surface area contributed by atoms with Crippen LogP contribution in [0.15, 0.2) is 36.5 Å². The molecule has 10 nitrogen and oxygen atoms in total. The highest BCUT2D eigenvalue weighted by molar-refractivity contribution is 6.02. The number of carbonyl (C=O) groups is 2. The Kier molecular flexibility index (Phi) is 5.77. The molecule has 1 aliphatic rings. The Labute approximate surface area is 178 Å². The van der Waals surface area contributed by atoms with Gasteiger partial charge in [0.15, 0.2) is 5.82 Å².